The van der Waals surface area contributed by atoms with E-state index in [1.807, 2.05) is 0 Å². The van der Waals surface area contributed by atoms with Crippen LogP contribution < -0.4 is 5.90 Å². The van der Waals surface area contributed by atoms with Gasteiger partial charge in [-0.3, -0.25) is 0 Å². The molecule has 3 N–H and O–H groups in total. The predicted molar refractivity (Wildman–Crippen MR) is 14.6 cm³/mol. The standard InChI is InChI=1S/BH4NO2/c2-4-1-3/h1,3H,2H2. The van der Waals surface area contributed by atoms with Crippen LogP contribution in [-0.2, 0) is 4.76 Å². The zero-order chi connectivity index (χ0) is 3.41. The SMILES string of the molecule is NOBO. The van der Waals surface area contributed by atoms with Gasteiger partial charge in [-0.2, -0.15) is 0 Å². The Morgan fingerprint density at radius 3 is 2.25 bits per heavy atom. The lowest BCUT2D eigenvalue weighted by Gasteiger charge is -1.72. The van der Waals surface area contributed by atoms with Crippen LogP contribution in [0.5, 0.6) is 0 Å². The van der Waals surface area contributed by atoms with E-state index in [4.69, 9.17) is 5.02 Å². The Bertz CT molecular complexity index is 8.00. The van der Waals surface area contributed by atoms with E-state index in [0.717, 1.165) is 0 Å². The molecule has 4 heavy (non-hydrogen) atoms. The Kier molecular flexibility index (Phi) is 2.90. The van der Waals surface area contributed by atoms with Crippen molar-refractivity contribution in [2.24, 2.45) is 5.90 Å². The molecule has 0 aromatic carbocycles. The Balaban J connectivity index is 1.97. The number of hydrogen-bond donors (Lipinski definition) is 2. The van der Waals surface area contributed by atoms with Gasteiger partial charge in [-0.25, -0.2) is 5.90 Å². The molecule has 0 aromatic heterocycles. The minimum Gasteiger partial charge on any atom is -0.429 e. The van der Waals surface area contributed by atoms with Crippen molar-refractivity contribution in [2.45, 2.75) is 0 Å². The van der Waals surface area contributed by atoms with Crippen molar-refractivity contribution in [3.05, 3.63) is 0 Å². The molecule has 0 fully saturated rings. The van der Waals surface area contributed by atoms with Gasteiger partial charge in [-0.15, -0.1) is 0 Å². The highest BCUT2D eigenvalue weighted by Gasteiger charge is 1.64. The average Bonchev–Trinajstić information content (AvgIpc) is 1.37. The van der Waals surface area contributed by atoms with Gasteiger partial charge in [-0.1, -0.05) is 0 Å². The molecule has 0 rings (SSSR count). The van der Waals surface area contributed by atoms with Crippen LogP contribution in [0.3, 0.4) is 0 Å². The molecule has 0 atom stereocenters. The maximum absolute atomic E-state index is 7.53. The molecule has 0 aromatic rings. The van der Waals surface area contributed by atoms with Crippen LogP contribution in [0.25, 0.3) is 0 Å². The van der Waals surface area contributed by atoms with E-state index >= 15 is 0 Å². The molecule has 0 aliphatic rings. The van der Waals surface area contributed by atoms with Crippen molar-refractivity contribution in [2.75, 3.05) is 0 Å². The van der Waals surface area contributed by atoms with E-state index in [2.05, 4.69) is 10.7 Å². The molecule has 0 aliphatic carbocycles. The third-order valence-corrected chi connectivity index (χ3v) is 0.0745. The van der Waals surface area contributed by atoms with Crippen LogP contribution in [-0.4, -0.2) is 12.7 Å². The number of hydrogen-bond acceptors (Lipinski definition) is 3. The zero-order valence-electron chi connectivity index (χ0n) is 2.14. The zero-order valence-corrected chi connectivity index (χ0v) is 2.14. The highest BCUT2D eigenvalue weighted by molar-refractivity contribution is 6.15. The molecule has 0 aliphatic heterocycles. The Morgan fingerprint density at radius 2 is 2.25 bits per heavy atom. The van der Waals surface area contributed by atoms with Gasteiger partial charge in [0.15, 0.2) is 0 Å². The third-order valence-electron chi connectivity index (χ3n) is 0.0745. The molecule has 0 spiro atoms. The summed E-state index contributed by atoms with van der Waals surface area (Å²) in [6.07, 6.45) is 0. The monoisotopic (exact) mass is 61.0 g/mol. The summed E-state index contributed by atoms with van der Waals surface area (Å²) >= 11 is 0. The summed E-state index contributed by atoms with van der Waals surface area (Å²) in [6, 6.07) is 0. The highest BCUT2D eigenvalue weighted by atomic mass is 16.6. The van der Waals surface area contributed by atoms with Crippen molar-refractivity contribution in [1.82, 2.24) is 0 Å². The average molecular weight is 60.8 g/mol. The second kappa shape index (κ2) is 2.94. The van der Waals surface area contributed by atoms with Gasteiger partial charge >= 0.3 is 7.69 Å². The molecule has 0 saturated heterocycles. The van der Waals surface area contributed by atoms with Crippen LogP contribution in [0.1, 0.15) is 0 Å². The van der Waals surface area contributed by atoms with E-state index in [-0.39, 0.29) is 0 Å². The van der Waals surface area contributed by atoms with Crippen LogP contribution in [0.4, 0.5) is 0 Å². The van der Waals surface area contributed by atoms with Gasteiger partial charge in [0.1, 0.15) is 0 Å². The Hall–Kier alpha value is -0.0551. The molecular weight excluding hydrogens is 56.8 g/mol. The molecule has 4 heteroatoms. The minimum atomic E-state index is -0.403. The van der Waals surface area contributed by atoms with Crippen molar-refractivity contribution in [1.29, 1.82) is 0 Å². The number of nitrogens with two attached hydrogens (primary N) is 1. The lowest BCUT2D eigenvalue weighted by atomic mass is 10.4. The first-order valence-corrected chi connectivity index (χ1v) is 0.841. The predicted octanol–water partition coefficient (Wildman–Crippen LogP) is -1.86. The Morgan fingerprint density at radius 1 is 2.00 bits per heavy atom. The second-order valence-corrected chi connectivity index (χ2v) is 0.296. The largest absolute Gasteiger partial charge is 0.453 e. The summed E-state index contributed by atoms with van der Waals surface area (Å²) in [5.41, 5.74) is 0. The van der Waals surface area contributed by atoms with Crippen molar-refractivity contribution < 1.29 is 9.78 Å². The molecule has 0 saturated carbocycles. The van der Waals surface area contributed by atoms with E-state index in [0.29, 0.717) is 0 Å². The molecule has 0 heterocycles. The summed E-state index contributed by atoms with van der Waals surface area (Å²) in [4.78, 5) is 0. The van der Waals surface area contributed by atoms with E-state index in [9.17, 15) is 0 Å². The number of rotatable bonds is 1. The molecule has 0 bridgehead atoms. The minimum absolute atomic E-state index is 0.403. The van der Waals surface area contributed by atoms with Crippen molar-refractivity contribution in [3.8, 4) is 0 Å². The molecular formula is H4BNO2. The first kappa shape index (κ1) is 3.94. The van der Waals surface area contributed by atoms with Gasteiger partial charge in [0.05, 0.1) is 0 Å². The summed E-state index contributed by atoms with van der Waals surface area (Å²) in [5.74, 6) is 4.28. The van der Waals surface area contributed by atoms with Crippen LogP contribution in [0, 0.1) is 0 Å². The lowest BCUT2D eigenvalue weighted by Crippen LogP contribution is -2.02. The first-order chi connectivity index (χ1) is 1.91. The fraction of sp³-hybridized carbons (Fsp3) is 0. The summed E-state index contributed by atoms with van der Waals surface area (Å²) in [7, 11) is -0.403. The van der Waals surface area contributed by atoms with E-state index < -0.39 is 7.69 Å². The molecule has 0 unspecified atom stereocenters. The summed E-state index contributed by atoms with van der Waals surface area (Å²) in [6.45, 7) is 0. The van der Waals surface area contributed by atoms with Crippen molar-refractivity contribution in [3.63, 3.8) is 0 Å². The summed E-state index contributed by atoms with van der Waals surface area (Å²) < 4.78 is 3.60. The maximum atomic E-state index is 7.53. The van der Waals surface area contributed by atoms with Gasteiger partial charge in [0.2, 0.25) is 0 Å². The lowest BCUT2D eigenvalue weighted by molar-refractivity contribution is 0.296. The highest BCUT2D eigenvalue weighted by Crippen LogP contribution is 1.31. The van der Waals surface area contributed by atoms with Gasteiger partial charge in [0.25, 0.3) is 0 Å². The van der Waals surface area contributed by atoms with E-state index in [1.165, 1.54) is 0 Å². The van der Waals surface area contributed by atoms with Crippen LogP contribution in [0.15, 0.2) is 0 Å². The van der Waals surface area contributed by atoms with Crippen LogP contribution >= 0.6 is 0 Å². The second-order valence-electron chi connectivity index (χ2n) is 0.296. The fourth-order valence-electron chi connectivity index (χ4n) is 0. The normalized spacial score (nSPS) is 6.50. The quantitative estimate of drug-likeness (QED) is 0.276. The smallest absolute Gasteiger partial charge is 0.429 e. The topological polar surface area (TPSA) is 55.5 Å². The van der Waals surface area contributed by atoms with Crippen molar-refractivity contribution >= 4 is 7.69 Å². The first-order valence-electron chi connectivity index (χ1n) is 0.841. The molecule has 0 radical (unpaired) electrons. The van der Waals surface area contributed by atoms with Gasteiger partial charge in [0, 0.05) is 0 Å². The van der Waals surface area contributed by atoms with Gasteiger partial charge in [-0.05, 0) is 0 Å². The molecule has 24 valence electrons. The van der Waals surface area contributed by atoms with Gasteiger partial charge < -0.3 is 9.78 Å². The summed E-state index contributed by atoms with van der Waals surface area (Å²) in [5, 5.41) is 7.53. The third kappa shape index (κ3) is 1.94. The van der Waals surface area contributed by atoms with E-state index in [1.54, 1.807) is 0 Å². The Labute approximate surface area is 24.6 Å². The van der Waals surface area contributed by atoms with Crippen LogP contribution in [0.2, 0.25) is 0 Å². The fourth-order valence-corrected chi connectivity index (χ4v) is 0. The molecule has 0 amide bonds. The molecule has 3 nitrogen and oxygen atoms in total. The maximum Gasteiger partial charge on any atom is 0.453 e.